The van der Waals surface area contributed by atoms with Crippen LogP contribution in [0.15, 0.2) is 30.3 Å². The molecule has 0 bridgehead atoms. The second-order valence-corrected chi connectivity index (χ2v) is 4.77. The van der Waals surface area contributed by atoms with Crippen LogP contribution < -0.4 is 4.74 Å². The van der Waals surface area contributed by atoms with Gasteiger partial charge in [-0.25, -0.2) is 0 Å². The molecule has 90 valence electrons. The van der Waals surface area contributed by atoms with Gasteiger partial charge < -0.3 is 9.64 Å². The van der Waals surface area contributed by atoms with Crippen molar-refractivity contribution in [3.8, 4) is 5.75 Å². The van der Waals surface area contributed by atoms with Crippen molar-refractivity contribution in [1.82, 2.24) is 4.90 Å². The van der Waals surface area contributed by atoms with Crippen LogP contribution in [0, 0.1) is 0 Å². The zero-order chi connectivity index (χ0) is 12.4. The van der Waals surface area contributed by atoms with Crippen LogP contribution in [0.5, 0.6) is 5.75 Å². The first-order valence-electron chi connectivity index (χ1n) is 5.51. The largest absolute Gasteiger partial charge is 0.496 e. The second kappa shape index (κ2) is 4.94. The van der Waals surface area contributed by atoms with E-state index in [4.69, 9.17) is 16.3 Å². The second-order valence-electron chi connectivity index (χ2n) is 4.37. The summed E-state index contributed by atoms with van der Waals surface area (Å²) in [6, 6.07) is 10.1. The van der Waals surface area contributed by atoms with Crippen molar-refractivity contribution in [3.05, 3.63) is 40.9 Å². The van der Waals surface area contributed by atoms with E-state index in [2.05, 4.69) is 37.2 Å². The normalized spacial score (nSPS) is 11.1. The van der Waals surface area contributed by atoms with E-state index in [9.17, 15) is 0 Å². The molecule has 0 heterocycles. The van der Waals surface area contributed by atoms with Crippen molar-refractivity contribution in [3.63, 3.8) is 0 Å². The maximum atomic E-state index is 6.23. The molecule has 0 atom stereocenters. The SMILES string of the molecule is COc1ccc(Cl)c2cc(CN(C)C)ccc12. The van der Waals surface area contributed by atoms with E-state index >= 15 is 0 Å². The standard InChI is InChI=1S/C14H16ClNO/c1-16(2)9-10-4-5-11-12(8-10)13(15)6-7-14(11)17-3/h4-8H,9H2,1-3H3. The van der Waals surface area contributed by atoms with Gasteiger partial charge in [0.05, 0.1) is 7.11 Å². The van der Waals surface area contributed by atoms with Crippen LogP contribution in [0.1, 0.15) is 5.56 Å². The lowest BCUT2D eigenvalue weighted by Gasteiger charge is -2.12. The van der Waals surface area contributed by atoms with Crippen LogP contribution in [0.4, 0.5) is 0 Å². The van der Waals surface area contributed by atoms with Gasteiger partial charge >= 0.3 is 0 Å². The number of benzene rings is 2. The van der Waals surface area contributed by atoms with Gasteiger partial charge in [-0.2, -0.15) is 0 Å². The Bertz CT molecular complexity index is 537. The predicted octanol–water partition coefficient (Wildman–Crippen LogP) is 3.56. The van der Waals surface area contributed by atoms with E-state index in [-0.39, 0.29) is 0 Å². The quantitative estimate of drug-likeness (QED) is 0.825. The van der Waals surface area contributed by atoms with Crippen molar-refractivity contribution >= 4 is 22.4 Å². The van der Waals surface area contributed by atoms with Crippen molar-refractivity contribution in [2.24, 2.45) is 0 Å². The highest BCUT2D eigenvalue weighted by Crippen LogP contribution is 2.32. The average Bonchev–Trinajstić information content (AvgIpc) is 2.29. The number of rotatable bonds is 3. The summed E-state index contributed by atoms with van der Waals surface area (Å²) in [6.07, 6.45) is 0. The molecule has 0 aromatic heterocycles. The zero-order valence-corrected chi connectivity index (χ0v) is 11.1. The predicted molar refractivity (Wildman–Crippen MR) is 72.9 cm³/mol. The molecule has 17 heavy (non-hydrogen) atoms. The number of hydrogen-bond donors (Lipinski definition) is 0. The lowest BCUT2D eigenvalue weighted by atomic mass is 10.1. The number of halogens is 1. The maximum Gasteiger partial charge on any atom is 0.126 e. The number of methoxy groups -OCH3 is 1. The molecule has 3 heteroatoms. The molecule has 0 N–H and O–H groups in total. The van der Waals surface area contributed by atoms with Gasteiger partial charge in [-0.1, -0.05) is 23.7 Å². The fraction of sp³-hybridized carbons (Fsp3) is 0.286. The van der Waals surface area contributed by atoms with Gasteiger partial charge in [0.1, 0.15) is 5.75 Å². The van der Waals surface area contributed by atoms with Crippen LogP contribution in [-0.2, 0) is 6.54 Å². The molecule has 0 aliphatic rings. The van der Waals surface area contributed by atoms with Gasteiger partial charge in [0, 0.05) is 22.3 Å². The lowest BCUT2D eigenvalue weighted by molar-refractivity contribution is 0.402. The Morgan fingerprint density at radius 1 is 1.12 bits per heavy atom. The summed E-state index contributed by atoms with van der Waals surface area (Å²) in [6.45, 7) is 0.906. The molecule has 0 amide bonds. The van der Waals surface area contributed by atoms with Gasteiger partial charge in [0.25, 0.3) is 0 Å². The molecule has 0 saturated carbocycles. The summed E-state index contributed by atoms with van der Waals surface area (Å²) in [5.41, 5.74) is 1.25. The lowest BCUT2D eigenvalue weighted by Crippen LogP contribution is -2.10. The minimum absolute atomic E-state index is 0.765. The van der Waals surface area contributed by atoms with Crippen molar-refractivity contribution < 1.29 is 4.74 Å². The summed E-state index contributed by atoms with van der Waals surface area (Å²) < 4.78 is 5.33. The van der Waals surface area contributed by atoms with Crippen LogP contribution >= 0.6 is 11.6 Å². The van der Waals surface area contributed by atoms with Crippen LogP contribution in [0.2, 0.25) is 5.02 Å². The summed E-state index contributed by atoms with van der Waals surface area (Å²) in [5.74, 6) is 0.862. The van der Waals surface area contributed by atoms with E-state index in [1.165, 1.54) is 5.56 Å². The minimum Gasteiger partial charge on any atom is -0.496 e. The number of hydrogen-bond acceptors (Lipinski definition) is 2. The fourth-order valence-electron chi connectivity index (χ4n) is 1.97. The average molecular weight is 250 g/mol. The number of nitrogens with zero attached hydrogens (tertiary/aromatic N) is 1. The zero-order valence-electron chi connectivity index (χ0n) is 10.3. The molecule has 0 radical (unpaired) electrons. The smallest absolute Gasteiger partial charge is 0.126 e. The van der Waals surface area contributed by atoms with Gasteiger partial charge in [0.15, 0.2) is 0 Å². The molecule has 2 aromatic carbocycles. The molecule has 0 saturated heterocycles. The fourth-order valence-corrected chi connectivity index (χ4v) is 2.19. The summed E-state index contributed by atoms with van der Waals surface area (Å²) in [4.78, 5) is 2.13. The Kier molecular flexibility index (Phi) is 3.55. The first kappa shape index (κ1) is 12.2. The summed E-state index contributed by atoms with van der Waals surface area (Å²) in [7, 11) is 5.78. The Labute approximate surface area is 107 Å². The van der Waals surface area contributed by atoms with Crippen molar-refractivity contribution in [1.29, 1.82) is 0 Å². The molecular weight excluding hydrogens is 234 g/mol. The van der Waals surface area contributed by atoms with E-state index in [1.807, 2.05) is 12.1 Å². The Balaban J connectivity index is 2.56. The van der Waals surface area contributed by atoms with Crippen LogP contribution in [0.25, 0.3) is 10.8 Å². The monoisotopic (exact) mass is 249 g/mol. The molecular formula is C14H16ClNO. The van der Waals surface area contributed by atoms with Crippen molar-refractivity contribution in [2.45, 2.75) is 6.54 Å². The molecule has 2 nitrogen and oxygen atoms in total. The third-order valence-electron chi connectivity index (χ3n) is 2.71. The third-order valence-corrected chi connectivity index (χ3v) is 3.04. The summed E-state index contributed by atoms with van der Waals surface area (Å²) in [5, 5.41) is 2.87. The Morgan fingerprint density at radius 3 is 2.53 bits per heavy atom. The number of ether oxygens (including phenoxy) is 1. The van der Waals surface area contributed by atoms with E-state index in [0.29, 0.717) is 0 Å². The molecule has 0 aliphatic carbocycles. The Hall–Kier alpha value is -1.25. The van der Waals surface area contributed by atoms with Crippen LogP contribution in [0.3, 0.4) is 0 Å². The van der Waals surface area contributed by atoms with Crippen molar-refractivity contribution in [2.75, 3.05) is 21.2 Å². The maximum absolute atomic E-state index is 6.23. The third kappa shape index (κ3) is 2.54. The van der Waals surface area contributed by atoms with E-state index in [1.54, 1.807) is 7.11 Å². The summed E-state index contributed by atoms with van der Waals surface area (Å²) >= 11 is 6.23. The van der Waals surface area contributed by atoms with E-state index in [0.717, 1.165) is 28.1 Å². The highest BCUT2D eigenvalue weighted by Gasteiger charge is 2.06. The highest BCUT2D eigenvalue weighted by atomic mass is 35.5. The first-order valence-corrected chi connectivity index (χ1v) is 5.89. The van der Waals surface area contributed by atoms with Gasteiger partial charge in [0.2, 0.25) is 0 Å². The molecule has 2 aromatic rings. The molecule has 0 spiro atoms. The molecule has 0 aliphatic heterocycles. The van der Waals surface area contributed by atoms with Gasteiger partial charge in [-0.05, 0) is 37.9 Å². The topological polar surface area (TPSA) is 12.5 Å². The minimum atomic E-state index is 0.765. The number of fused-ring (bicyclic) bond motifs is 1. The molecule has 0 unspecified atom stereocenters. The molecule has 0 fully saturated rings. The Morgan fingerprint density at radius 2 is 1.88 bits per heavy atom. The van der Waals surface area contributed by atoms with Gasteiger partial charge in [-0.15, -0.1) is 0 Å². The van der Waals surface area contributed by atoms with Gasteiger partial charge in [-0.3, -0.25) is 0 Å². The van der Waals surface area contributed by atoms with E-state index < -0.39 is 0 Å². The highest BCUT2D eigenvalue weighted by molar-refractivity contribution is 6.35. The first-order chi connectivity index (χ1) is 8.11. The van der Waals surface area contributed by atoms with Crippen LogP contribution in [-0.4, -0.2) is 26.1 Å². The molecule has 2 rings (SSSR count).